The van der Waals surface area contributed by atoms with Crippen molar-refractivity contribution in [2.24, 2.45) is 5.73 Å². The maximum atomic E-state index is 12.9. The minimum atomic E-state index is -1.11. The van der Waals surface area contributed by atoms with Crippen LogP contribution in [0, 0.1) is 13.8 Å². The second-order valence-corrected chi connectivity index (χ2v) is 10.1. The summed E-state index contributed by atoms with van der Waals surface area (Å²) in [5, 5.41) is 2.46. The Balaban J connectivity index is 1.89. The average molecular weight is 533 g/mol. The van der Waals surface area contributed by atoms with Gasteiger partial charge in [-0.2, -0.15) is 0 Å². The van der Waals surface area contributed by atoms with Gasteiger partial charge in [0.1, 0.15) is 11.6 Å². The monoisotopic (exact) mass is 532 g/mol. The summed E-state index contributed by atoms with van der Waals surface area (Å²) in [5.74, 6) is -2.14. The molecule has 0 bridgehead atoms. The first kappa shape index (κ1) is 28.9. The summed E-state index contributed by atoms with van der Waals surface area (Å²) in [6.07, 6.45) is -0.837. The largest absolute Gasteiger partial charge is 0.444 e. The van der Waals surface area contributed by atoms with Crippen molar-refractivity contribution >= 4 is 23.9 Å². The van der Waals surface area contributed by atoms with E-state index in [1.54, 1.807) is 75.4 Å². The van der Waals surface area contributed by atoms with Crippen molar-refractivity contribution in [3.63, 3.8) is 0 Å². The van der Waals surface area contributed by atoms with E-state index >= 15 is 0 Å². The molecule has 0 aliphatic carbocycles. The smallest absolute Gasteiger partial charge is 0.408 e. The summed E-state index contributed by atoms with van der Waals surface area (Å²) in [5.41, 5.74) is 7.78. The third-order valence-electron chi connectivity index (χ3n) is 5.46. The fraction of sp³-hybridized carbons (Fsp3) is 0.267. The number of esters is 2. The Labute approximate surface area is 227 Å². The van der Waals surface area contributed by atoms with E-state index in [0.717, 1.165) is 11.1 Å². The first-order valence-corrected chi connectivity index (χ1v) is 12.3. The number of benzene rings is 3. The van der Waals surface area contributed by atoms with Crippen LogP contribution in [0.1, 0.15) is 58.2 Å². The second kappa shape index (κ2) is 12.3. The maximum Gasteiger partial charge on any atom is 0.408 e. The van der Waals surface area contributed by atoms with Crippen molar-refractivity contribution in [2.75, 3.05) is 0 Å². The molecule has 0 heterocycles. The fourth-order valence-corrected chi connectivity index (χ4v) is 3.45. The summed E-state index contributed by atoms with van der Waals surface area (Å²) in [7, 11) is 0. The molecule has 0 aromatic heterocycles. The van der Waals surface area contributed by atoms with Gasteiger partial charge >= 0.3 is 18.0 Å². The minimum absolute atomic E-state index is 0.000475. The van der Waals surface area contributed by atoms with E-state index in [1.807, 2.05) is 13.8 Å². The Morgan fingerprint density at radius 3 is 1.72 bits per heavy atom. The molecule has 3 aromatic rings. The number of amides is 2. The zero-order valence-electron chi connectivity index (χ0n) is 22.6. The summed E-state index contributed by atoms with van der Waals surface area (Å²) >= 11 is 0. The molecule has 0 aliphatic rings. The topological polar surface area (TPSA) is 134 Å². The molecule has 3 aromatic carbocycles. The zero-order chi connectivity index (χ0) is 28.7. The fourth-order valence-electron chi connectivity index (χ4n) is 3.45. The van der Waals surface area contributed by atoms with Crippen molar-refractivity contribution < 1.29 is 33.4 Å². The van der Waals surface area contributed by atoms with Gasteiger partial charge in [0.15, 0.2) is 11.5 Å². The molecule has 1 atom stereocenters. The van der Waals surface area contributed by atoms with Gasteiger partial charge in [0.2, 0.25) is 5.91 Å². The zero-order valence-corrected chi connectivity index (χ0v) is 22.6. The molecule has 2 amide bonds. The van der Waals surface area contributed by atoms with Crippen LogP contribution in [0.15, 0.2) is 66.7 Å². The number of ether oxygens (including phenoxy) is 3. The molecule has 0 saturated carbocycles. The van der Waals surface area contributed by atoms with Gasteiger partial charge in [0.05, 0.1) is 11.1 Å². The lowest BCUT2D eigenvalue weighted by molar-refractivity contribution is -0.120. The van der Waals surface area contributed by atoms with Crippen LogP contribution >= 0.6 is 0 Å². The Morgan fingerprint density at radius 2 is 1.26 bits per heavy atom. The maximum absolute atomic E-state index is 12.9. The Morgan fingerprint density at radius 1 is 0.769 bits per heavy atom. The first-order chi connectivity index (χ1) is 18.3. The van der Waals surface area contributed by atoms with Gasteiger partial charge in [-0.15, -0.1) is 0 Å². The van der Waals surface area contributed by atoms with Gasteiger partial charge in [0.25, 0.3) is 0 Å². The summed E-state index contributed by atoms with van der Waals surface area (Å²) in [4.78, 5) is 49.9. The van der Waals surface area contributed by atoms with Gasteiger partial charge < -0.3 is 25.3 Å². The highest BCUT2D eigenvalue weighted by molar-refractivity contribution is 5.93. The molecule has 204 valence electrons. The normalized spacial score (nSPS) is 11.7. The Kier molecular flexibility index (Phi) is 9.08. The highest BCUT2D eigenvalue weighted by Crippen LogP contribution is 2.31. The van der Waals surface area contributed by atoms with Crippen molar-refractivity contribution in [1.82, 2.24) is 5.32 Å². The van der Waals surface area contributed by atoms with Crippen LogP contribution in [0.3, 0.4) is 0 Å². The van der Waals surface area contributed by atoms with E-state index in [2.05, 4.69) is 5.32 Å². The summed E-state index contributed by atoms with van der Waals surface area (Å²) < 4.78 is 16.4. The molecule has 0 aliphatic heterocycles. The lowest BCUT2D eigenvalue weighted by atomic mass is 10.0. The molecule has 0 fully saturated rings. The van der Waals surface area contributed by atoms with Crippen molar-refractivity contribution in [3.8, 4) is 11.5 Å². The third-order valence-corrected chi connectivity index (χ3v) is 5.46. The van der Waals surface area contributed by atoms with Crippen LogP contribution in [0.2, 0.25) is 0 Å². The van der Waals surface area contributed by atoms with E-state index in [9.17, 15) is 19.2 Å². The highest BCUT2D eigenvalue weighted by atomic mass is 16.6. The number of hydrogen-bond acceptors (Lipinski definition) is 7. The third kappa shape index (κ3) is 8.70. The van der Waals surface area contributed by atoms with E-state index in [0.29, 0.717) is 16.7 Å². The lowest BCUT2D eigenvalue weighted by Gasteiger charge is -2.22. The number of carbonyl (C=O) groups is 4. The van der Waals surface area contributed by atoms with Gasteiger partial charge in [-0.3, -0.25) is 4.79 Å². The molecule has 9 heteroatoms. The quantitative estimate of drug-likeness (QED) is 0.318. The number of nitrogens with one attached hydrogen (secondary N) is 1. The van der Waals surface area contributed by atoms with Crippen molar-refractivity contribution in [3.05, 3.63) is 94.5 Å². The van der Waals surface area contributed by atoms with Gasteiger partial charge in [-0.05, 0) is 76.6 Å². The SMILES string of the molecule is Cc1ccc(C(=O)Oc2ccc(CC(NC(=O)OC(C)(C)C)C(N)=O)cc2OC(=O)c2ccc(C)cc2)cc1. The molecule has 0 spiro atoms. The number of aryl methyl sites for hydroxylation is 2. The van der Waals surface area contributed by atoms with Crippen LogP contribution in [0.5, 0.6) is 11.5 Å². The van der Waals surface area contributed by atoms with E-state index in [4.69, 9.17) is 19.9 Å². The molecular formula is C30H32N2O7. The molecule has 39 heavy (non-hydrogen) atoms. The number of carbonyl (C=O) groups excluding carboxylic acids is 4. The second-order valence-electron chi connectivity index (χ2n) is 10.1. The van der Waals surface area contributed by atoms with Crippen LogP contribution in [-0.2, 0) is 16.0 Å². The average Bonchev–Trinajstić information content (AvgIpc) is 2.84. The molecule has 3 N–H and O–H groups in total. The molecule has 0 saturated heterocycles. The molecular weight excluding hydrogens is 500 g/mol. The number of rotatable bonds is 8. The van der Waals surface area contributed by atoms with Crippen molar-refractivity contribution in [2.45, 2.75) is 52.7 Å². The molecule has 0 radical (unpaired) electrons. The molecule has 1 unspecified atom stereocenters. The highest BCUT2D eigenvalue weighted by Gasteiger charge is 2.24. The van der Waals surface area contributed by atoms with E-state index < -0.39 is 35.6 Å². The van der Waals surface area contributed by atoms with E-state index in [1.165, 1.54) is 12.1 Å². The lowest BCUT2D eigenvalue weighted by Crippen LogP contribution is -2.47. The van der Waals surface area contributed by atoms with Crippen molar-refractivity contribution in [1.29, 1.82) is 0 Å². The minimum Gasteiger partial charge on any atom is -0.444 e. The van der Waals surface area contributed by atoms with Gasteiger partial charge in [-0.25, -0.2) is 14.4 Å². The predicted molar refractivity (Wildman–Crippen MR) is 145 cm³/mol. The van der Waals surface area contributed by atoms with Crippen LogP contribution in [0.25, 0.3) is 0 Å². The number of alkyl carbamates (subject to hydrolysis) is 1. The number of nitrogens with two attached hydrogens (primary N) is 1. The van der Waals surface area contributed by atoms with Crippen LogP contribution in [-0.4, -0.2) is 35.6 Å². The predicted octanol–water partition coefficient (Wildman–Crippen LogP) is 4.66. The standard InChI is InChI=1S/C30H32N2O7/c1-18-6-11-21(12-7-18)27(34)37-24-15-10-20(16-23(26(31)33)32-29(36)39-30(3,4)5)17-25(24)38-28(35)22-13-8-19(2)9-14-22/h6-15,17,23H,16H2,1-5H3,(H2,31,33)(H,32,36). The molecule has 9 nitrogen and oxygen atoms in total. The Hall–Kier alpha value is -4.66. The number of hydrogen-bond donors (Lipinski definition) is 2. The molecule has 3 rings (SSSR count). The van der Waals surface area contributed by atoms with Gasteiger partial charge in [-0.1, -0.05) is 41.5 Å². The van der Waals surface area contributed by atoms with Crippen LogP contribution in [0.4, 0.5) is 4.79 Å². The van der Waals surface area contributed by atoms with Crippen LogP contribution < -0.4 is 20.5 Å². The van der Waals surface area contributed by atoms with Gasteiger partial charge in [0, 0.05) is 6.42 Å². The first-order valence-electron chi connectivity index (χ1n) is 12.3. The number of primary amides is 1. The van der Waals surface area contributed by atoms with E-state index in [-0.39, 0.29) is 17.9 Å². The summed E-state index contributed by atoms with van der Waals surface area (Å²) in [6, 6.07) is 17.0. The summed E-state index contributed by atoms with van der Waals surface area (Å²) in [6.45, 7) is 8.86. The Bertz CT molecular complexity index is 1360.